The first-order valence-corrected chi connectivity index (χ1v) is 5.65. The highest BCUT2D eigenvalue weighted by molar-refractivity contribution is 5.86. The normalized spacial score (nSPS) is 10.8. The van der Waals surface area contributed by atoms with Crippen LogP contribution in [0.3, 0.4) is 0 Å². The van der Waals surface area contributed by atoms with Gasteiger partial charge in [-0.25, -0.2) is 14.8 Å². The number of carboxylic acid groups (broad SMARTS) is 1. The van der Waals surface area contributed by atoms with Crippen LogP contribution in [0.2, 0.25) is 0 Å². The summed E-state index contributed by atoms with van der Waals surface area (Å²) in [6, 6.07) is 5.45. The highest BCUT2D eigenvalue weighted by Gasteiger charge is 2.12. The number of carboxylic acids is 1. The molecule has 3 aromatic heterocycles. The smallest absolute Gasteiger partial charge is 0.356 e. The molecule has 0 saturated heterocycles. The van der Waals surface area contributed by atoms with Crippen LogP contribution in [0.1, 0.15) is 16.3 Å². The molecule has 3 heterocycles. The maximum absolute atomic E-state index is 10.9. The number of aromatic nitrogens is 4. The Balaban J connectivity index is 2.22. The number of aromatic carboxylic acids is 1. The molecule has 0 amide bonds. The lowest BCUT2D eigenvalue weighted by Crippen LogP contribution is -1.96. The molecule has 0 radical (unpaired) electrons. The van der Waals surface area contributed by atoms with Crippen LogP contribution in [-0.4, -0.2) is 30.4 Å². The maximum Gasteiger partial charge on any atom is 0.356 e. The fraction of sp³-hybridized carbons (Fsp3) is 0.0769. The van der Waals surface area contributed by atoms with Crippen LogP contribution < -0.4 is 0 Å². The van der Waals surface area contributed by atoms with Gasteiger partial charge in [0.15, 0.2) is 5.69 Å². The van der Waals surface area contributed by atoms with Gasteiger partial charge in [0.05, 0.1) is 5.69 Å². The van der Waals surface area contributed by atoms with Crippen molar-refractivity contribution in [2.45, 2.75) is 6.92 Å². The average molecular weight is 254 g/mol. The lowest BCUT2D eigenvalue weighted by molar-refractivity contribution is 0.0691. The van der Waals surface area contributed by atoms with Crippen LogP contribution in [0, 0.1) is 6.92 Å². The topological polar surface area (TPSA) is 80.4 Å². The highest BCUT2D eigenvalue weighted by Crippen LogP contribution is 2.19. The third-order valence-electron chi connectivity index (χ3n) is 2.83. The van der Waals surface area contributed by atoms with Gasteiger partial charge in [-0.3, -0.25) is 9.38 Å². The first kappa shape index (κ1) is 11.3. The second-order valence-electron chi connectivity index (χ2n) is 4.08. The first-order chi connectivity index (χ1) is 9.15. The Hall–Kier alpha value is -2.76. The summed E-state index contributed by atoms with van der Waals surface area (Å²) in [5.41, 5.74) is 2.24. The lowest BCUT2D eigenvalue weighted by Gasteiger charge is -2.04. The van der Waals surface area contributed by atoms with Crippen molar-refractivity contribution in [3.05, 3.63) is 48.3 Å². The zero-order valence-electron chi connectivity index (χ0n) is 10.1. The Bertz CT molecular complexity index is 765. The molecule has 0 unspecified atom stereocenters. The number of hydrogen-bond donors (Lipinski definition) is 1. The first-order valence-electron chi connectivity index (χ1n) is 5.65. The number of hydrogen-bond acceptors (Lipinski definition) is 4. The molecule has 0 aliphatic carbocycles. The Morgan fingerprint density at radius 2 is 2.00 bits per heavy atom. The minimum Gasteiger partial charge on any atom is -0.476 e. The number of pyridine rings is 1. The predicted octanol–water partition coefficient (Wildman–Crippen LogP) is 1.80. The van der Waals surface area contributed by atoms with Crippen LogP contribution in [0.4, 0.5) is 0 Å². The summed E-state index contributed by atoms with van der Waals surface area (Å²) in [5.74, 6) is -0.363. The van der Waals surface area contributed by atoms with E-state index in [9.17, 15) is 4.79 Å². The summed E-state index contributed by atoms with van der Waals surface area (Å²) < 4.78 is 1.66. The lowest BCUT2D eigenvalue weighted by atomic mass is 10.2. The SMILES string of the molecule is Cc1nc(-c2ccncc2)cc2nc(C(=O)O)cn12. The van der Waals surface area contributed by atoms with E-state index in [1.165, 1.54) is 6.20 Å². The van der Waals surface area contributed by atoms with Gasteiger partial charge >= 0.3 is 5.97 Å². The number of fused-ring (bicyclic) bond motifs is 1. The van der Waals surface area contributed by atoms with Gasteiger partial charge in [-0.05, 0) is 19.1 Å². The molecule has 3 rings (SSSR count). The minimum absolute atomic E-state index is 0.0109. The van der Waals surface area contributed by atoms with E-state index in [0.29, 0.717) is 11.5 Å². The Morgan fingerprint density at radius 3 is 2.68 bits per heavy atom. The minimum atomic E-state index is -1.05. The second kappa shape index (κ2) is 4.16. The quantitative estimate of drug-likeness (QED) is 0.754. The Kier molecular flexibility index (Phi) is 2.49. The van der Waals surface area contributed by atoms with Gasteiger partial charge in [0.2, 0.25) is 0 Å². The van der Waals surface area contributed by atoms with Crippen LogP contribution >= 0.6 is 0 Å². The highest BCUT2D eigenvalue weighted by atomic mass is 16.4. The zero-order chi connectivity index (χ0) is 13.4. The third kappa shape index (κ3) is 1.93. The van der Waals surface area contributed by atoms with Crippen molar-refractivity contribution in [2.24, 2.45) is 0 Å². The molecule has 0 atom stereocenters. The molecule has 0 bridgehead atoms. The molecule has 0 aromatic carbocycles. The molecule has 0 fully saturated rings. The molecule has 6 heteroatoms. The predicted molar refractivity (Wildman–Crippen MR) is 67.9 cm³/mol. The van der Waals surface area contributed by atoms with Crippen molar-refractivity contribution in [2.75, 3.05) is 0 Å². The summed E-state index contributed by atoms with van der Waals surface area (Å²) in [7, 11) is 0. The Morgan fingerprint density at radius 1 is 1.26 bits per heavy atom. The molecule has 0 saturated carbocycles. The molecule has 0 spiro atoms. The van der Waals surface area contributed by atoms with Gasteiger partial charge in [0.25, 0.3) is 0 Å². The van der Waals surface area contributed by atoms with E-state index in [1.54, 1.807) is 22.9 Å². The van der Waals surface area contributed by atoms with Crippen molar-refractivity contribution in [3.8, 4) is 11.3 Å². The second-order valence-corrected chi connectivity index (χ2v) is 4.08. The summed E-state index contributed by atoms with van der Waals surface area (Å²) in [4.78, 5) is 23.4. The summed E-state index contributed by atoms with van der Waals surface area (Å²) in [5, 5.41) is 8.96. The number of carbonyl (C=O) groups is 1. The van der Waals surface area contributed by atoms with E-state index in [2.05, 4.69) is 15.0 Å². The number of imidazole rings is 1. The van der Waals surface area contributed by atoms with Crippen molar-refractivity contribution in [3.63, 3.8) is 0 Å². The van der Waals surface area contributed by atoms with Crippen molar-refractivity contribution >= 4 is 11.6 Å². The molecule has 6 nitrogen and oxygen atoms in total. The van der Waals surface area contributed by atoms with E-state index in [4.69, 9.17) is 5.11 Å². The summed E-state index contributed by atoms with van der Waals surface area (Å²) in [6.07, 6.45) is 4.84. The fourth-order valence-electron chi connectivity index (χ4n) is 1.91. The van der Waals surface area contributed by atoms with Gasteiger partial charge in [0.1, 0.15) is 11.5 Å². The molecule has 94 valence electrons. The van der Waals surface area contributed by atoms with E-state index in [0.717, 1.165) is 11.3 Å². The van der Waals surface area contributed by atoms with Crippen LogP contribution in [0.5, 0.6) is 0 Å². The summed E-state index contributed by atoms with van der Waals surface area (Å²) in [6.45, 7) is 1.81. The molecule has 19 heavy (non-hydrogen) atoms. The largest absolute Gasteiger partial charge is 0.476 e. The van der Waals surface area contributed by atoms with Gasteiger partial charge in [-0.15, -0.1) is 0 Å². The Labute approximate surface area is 108 Å². The fourth-order valence-corrected chi connectivity index (χ4v) is 1.91. The summed E-state index contributed by atoms with van der Waals surface area (Å²) >= 11 is 0. The van der Waals surface area contributed by atoms with Gasteiger partial charge < -0.3 is 5.11 Å². The van der Waals surface area contributed by atoms with Crippen LogP contribution in [0.25, 0.3) is 16.9 Å². The zero-order valence-corrected chi connectivity index (χ0v) is 10.1. The van der Waals surface area contributed by atoms with Crippen LogP contribution in [0.15, 0.2) is 36.8 Å². The van der Waals surface area contributed by atoms with E-state index >= 15 is 0 Å². The molecule has 1 N–H and O–H groups in total. The van der Waals surface area contributed by atoms with E-state index < -0.39 is 5.97 Å². The van der Waals surface area contributed by atoms with Crippen LogP contribution in [-0.2, 0) is 0 Å². The molecular weight excluding hydrogens is 244 g/mol. The van der Waals surface area contributed by atoms with Gasteiger partial charge in [-0.2, -0.15) is 0 Å². The van der Waals surface area contributed by atoms with Crippen molar-refractivity contribution in [1.82, 2.24) is 19.4 Å². The molecule has 0 aliphatic heterocycles. The third-order valence-corrected chi connectivity index (χ3v) is 2.83. The van der Waals surface area contributed by atoms with Crippen molar-refractivity contribution < 1.29 is 9.90 Å². The number of rotatable bonds is 2. The molecule has 0 aliphatic rings. The molecular formula is C13H10N4O2. The number of aryl methyl sites for hydroxylation is 1. The number of nitrogens with zero attached hydrogens (tertiary/aromatic N) is 4. The van der Waals surface area contributed by atoms with Crippen molar-refractivity contribution in [1.29, 1.82) is 0 Å². The average Bonchev–Trinajstić information content (AvgIpc) is 2.84. The molecule has 3 aromatic rings. The standard InChI is InChI=1S/C13H10N4O2/c1-8-15-10(9-2-4-14-5-3-9)6-12-16-11(13(18)19)7-17(8)12/h2-7H,1H3,(H,18,19). The van der Waals surface area contributed by atoms with Gasteiger partial charge in [0, 0.05) is 30.2 Å². The van der Waals surface area contributed by atoms with E-state index in [-0.39, 0.29) is 5.69 Å². The van der Waals surface area contributed by atoms with Gasteiger partial charge in [-0.1, -0.05) is 0 Å². The maximum atomic E-state index is 10.9. The van der Waals surface area contributed by atoms with E-state index in [1.807, 2.05) is 19.1 Å². The monoisotopic (exact) mass is 254 g/mol.